The van der Waals surface area contributed by atoms with Crippen LogP contribution in [0.15, 0.2) is 48.5 Å². The van der Waals surface area contributed by atoms with Crippen molar-refractivity contribution in [1.29, 1.82) is 0 Å². The highest BCUT2D eigenvalue weighted by Crippen LogP contribution is 2.32. The zero-order valence-corrected chi connectivity index (χ0v) is 22.2. The molecule has 1 aliphatic heterocycles. The number of likely N-dealkylation sites (tertiary alicyclic amines) is 1. The highest BCUT2D eigenvalue weighted by molar-refractivity contribution is 6.00. The minimum Gasteiger partial charge on any atom is -0.493 e. The Morgan fingerprint density at radius 1 is 1.03 bits per heavy atom. The Bertz CT molecular complexity index is 1220. The van der Waals surface area contributed by atoms with Gasteiger partial charge in [-0.2, -0.15) is 0 Å². The Hall–Kier alpha value is -3.28. The first-order valence-electron chi connectivity index (χ1n) is 13.0. The van der Waals surface area contributed by atoms with E-state index in [-0.39, 0.29) is 23.2 Å². The summed E-state index contributed by atoms with van der Waals surface area (Å²) in [7, 11) is 0. The number of carbonyl (C=O) groups excluding carboxylic acids is 2. The van der Waals surface area contributed by atoms with E-state index in [0.717, 1.165) is 35.1 Å². The number of esters is 1. The molecule has 36 heavy (non-hydrogen) atoms. The Morgan fingerprint density at radius 2 is 1.78 bits per heavy atom. The van der Waals surface area contributed by atoms with Crippen molar-refractivity contribution in [2.75, 3.05) is 26.3 Å². The molecule has 1 saturated heterocycles. The summed E-state index contributed by atoms with van der Waals surface area (Å²) in [5, 5.41) is 0.924. The molecule has 6 nitrogen and oxygen atoms in total. The van der Waals surface area contributed by atoms with Gasteiger partial charge >= 0.3 is 5.97 Å². The average molecular weight is 491 g/mol. The summed E-state index contributed by atoms with van der Waals surface area (Å²) in [6.45, 7) is 12.9. The lowest BCUT2D eigenvalue weighted by Gasteiger charge is -2.31. The molecule has 192 valence electrons. The zero-order valence-electron chi connectivity index (χ0n) is 22.2. The van der Waals surface area contributed by atoms with Gasteiger partial charge in [0, 0.05) is 25.0 Å². The molecule has 0 bridgehead atoms. The summed E-state index contributed by atoms with van der Waals surface area (Å²) >= 11 is 0. The number of aromatic nitrogens is 1. The van der Waals surface area contributed by atoms with Gasteiger partial charge in [0.05, 0.1) is 24.6 Å². The van der Waals surface area contributed by atoms with E-state index in [1.807, 2.05) is 38.1 Å². The summed E-state index contributed by atoms with van der Waals surface area (Å²) in [5.41, 5.74) is 4.05. The Morgan fingerprint density at radius 3 is 2.44 bits per heavy atom. The number of piperidine rings is 1. The lowest BCUT2D eigenvalue weighted by atomic mass is 9.87. The maximum absolute atomic E-state index is 13.9. The van der Waals surface area contributed by atoms with Crippen molar-refractivity contribution in [3.05, 3.63) is 65.4 Å². The first kappa shape index (κ1) is 25.8. The maximum atomic E-state index is 13.9. The fourth-order valence-electron chi connectivity index (χ4n) is 4.96. The number of rotatable bonds is 7. The molecule has 1 atom stereocenters. The summed E-state index contributed by atoms with van der Waals surface area (Å²) in [4.78, 5) is 28.1. The molecule has 3 aromatic rings. The van der Waals surface area contributed by atoms with Gasteiger partial charge in [0.15, 0.2) is 0 Å². The van der Waals surface area contributed by atoms with Crippen LogP contribution in [0.1, 0.15) is 69.1 Å². The van der Waals surface area contributed by atoms with Crippen molar-refractivity contribution in [3.63, 3.8) is 0 Å². The van der Waals surface area contributed by atoms with Crippen molar-refractivity contribution in [1.82, 2.24) is 9.47 Å². The monoisotopic (exact) mass is 490 g/mol. The van der Waals surface area contributed by atoms with E-state index in [4.69, 9.17) is 9.47 Å². The van der Waals surface area contributed by atoms with Gasteiger partial charge in [-0.25, -0.2) is 0 Å². The van der Waals surface area contributed by atoms with E-state index in [9.17, 15) is 9.59 Å². The predicted molar refractivity (Wildman–Crippen MR) is 143 cm³/mol. The van der Waals surface area contributed by atoms with Gasteiger partial charge in [0.25, 0.3) is 5.91 Å². The second kappa shape index (κ2) is 10.8. The van der Waals surface area contributed by atoms with Crippen molar-refractivity contribution < 1.29 is 19.1 Å². The molecule has 1 fully saturated rings. The molecule has 1 aromatic heterocycles. The molecule has 1 aliphatic rings. The lowest BCUT2D eigenvalue weighted by molar-refractivity contribution is -0.149. The first-order chi connectivity index (χ1) is 17.2. The van der Waals surface area contributed by atoms with Gasteiger partial charge < -0.3 is 18.9 Å². The van der Waals surface area contributed by atoms with Crippen LogP contribution >= 0.6 is 0 Å². The van der Waals surface area contributed by atoms with Crippen LogP contribution in [-0.2, 0) is 21.5 Å². The quantitative estimate of drug-likeness (QED) is 0.393. The summed E-state index contributed by atoms with van der Waals surface area (Å²) in [5.74, 6) is 0.223. The third kappa shape index (κ3) is 5.43. The predicted octanol–water partition coefficient (Wildman–Crippen LogP) is 5.80. The molecule has 2 aromatic carbocycles. The van der Waals surface area contributed by atoms with Crippen LogP contribution in [-0.4, -0.2) is 47.6 Å². The van der Waals surface area contributed by atoms with Crippen molar-refractivity contribution in [2.45, 2.75) is 59.4 Å². The van der Waals surface area contributed by atoms with E-state index in [1.54, 1.807) is 4.90 Å². The summed E-state index contributed by atoms with van der Waals surface area (Å²) < 4.78 is 13.2. The Kier molecular flexibility index (Phi) is 7.72. The highest BCUT2D eigenvalue weighted by atomic mass is 16.5. The fraction of sp³-hybridized carbons (Fsp3) is 0.467. The summed E-state index contributed by atoms with van der Waals surface area (Å²) in [6.07, 6.45) is 1.54. The number of ether oxygens (including phenoxy) is 2. The molecule has 4 rings (SSSR count). The number of hydrogen-bond donors (Lipinski definition) is 0. The van der Waals surface area contributed by atoms with Gasteiger partial charge in [0.2, 0.25) is 0 Å². The summed E-state index contributed by atoms with van der Waals surface area (Å²) in [6, 6.07) is 16.5. The van der Waals surface area contributed by atoms with E-state index in [2.05, 4.69) is 49.6 Å². The molecule has 6 heteroatoms. The smallest absolute Gasteiger partial charge is 0.310 e. The minimum atomic E-state index is -0.274. The highest BCUT2D eigenvalue weighted by Gasteiger charge is 2.31. The molecule has 0 saturated carbocycles. The maximum Gasteiger partial charge on any atom is 0.310 e. The molecule has 0 radical (unpaired) electrons. The van der Waals surface area contributed by atoms with Crippen LogP contribution in [0.25, 0.3) is 10.9 Å². The van der Waals surface area contributed by atoms with Crippen LogP contribution in [0.3, 0.4) is 0 Å². The van der Waals surface area contributed by atoms with Gasteiger partial charge in [-0.15, -0.1) is 0 Å². The van der Waals surface area contributed by atoms with Crippen LogP contribution < -0.4 is 4.74 Å². The Labute approximate surface area is 214 Å². The average Bonchev–Trinajstić information content (AvgIpc) is 3.23. The van der Waals surface area contributed by atoms with Gasteiger partial charge in [-0.1, -0.05) is 51.1 Å². The van der Waals surface area contributed by atoms with Gasteiger partial charge in [-0.3, -0.25) is 9.59 Å². The normalized spacial score (nSPS) is 16.2. The third-order valence-corrected chi connectivity index (χ3v) is 6.91. The topological polar surface area (TPSA) is 60.8 Å². The number of hydrogen-bond acceptors (Lipinski definition) is 4. The second-order valence-corrected chi connectivity index (χ2v) is 10.5. The van der Waals surface area contributed by atoms with Crippen LogP contribution in [0, 0.1) is 5.92 Å². The van der Waals surface area contributed by atoms with Crippen molar-refractivity contribution in [3.8, 4) is 5.75 Å². The SMILES string of the molecule is CCOC(=O)C1CCCN(C(=O)c2cc3c(OCC)cccc3n2Cc2ccc(C(C)(C)C)cc2)C1. The van der Waals surface area contributed by atoms with Gasteiger partial charge in [-0.05, 0) is 61.4 Å². The molecule has 1 unspecified atom stereocenters. The van der Waals surface area contributed by atoms with E-state index in [1.165, 1.54) is 5.56 Å². The van der Waals surface area contributed by atoms with Crippen molar-refractivity contribution in [2.24, 2.45) is 5.92 Å². The Balaban J connectivity index is 1.71. The third-order valence-electron chi connectivity index (χ3n) is 6.91. The van der Waals surface area contributed by atoms with Crippen LogP contribution in [0.5, 0.6) is 5.75 Å². The molecule has 0 aliphatic carbocycles. The van der Waals surface area contributed by atoms with Gasteiger partial charge in [0.1, 0.15) is 11.4 Å². The standard InChI is InChI=1S/C30H38N2O4/c1-6-35-27-12-8-11-25-24(27)18-26(28(33)31-17-9-10-22(20-31)29(34)36-7-2)32(25)19-21-13-15-23(16-14-21)30(3,4)5/h8,11-16,18,22H,6-7,9-10,17,19-20H2,1-5H3. The molecule has 2 heterocycles. The number of fused-ring (bicyclic) bond motifs is 1. The van der Waals surface area contributed by atoms with Crippen molar-refractivity contribution >= 4 is 22.8 Å². The molecular weight excluding hydrogens is 452 g/mol. The second-order valence-electron chi connectivity index (χ2n) is 10.5. The van der Waals surface area contributed by atoms with E-state index >= 15 is 0 Å². The largest absolute Gasteiger partial charge is 0.493 e. The van der Waals surface area contributed by atoms with Crippen LogP contribution in [0.4, 0.5) is 0 Å². The first-order valence-corrected chi connectivity index (χ1v) is 13.0. The van der Waals surface area contributed by atoms with Crippen LogP contribution in [0.2, 0.25) is 0 Å². The number of benzene rings is 2. The fourth-order valence-corrected chi connectivity index (χ4v) is 4.96. The number of carbonyl (C=O) groups is 2. The molecule has 1 amide bonds. The zero-order chi connectivity index (χ0) is 25.9. The molecular formula is C30H38N2O4. The van der Waals surface area contributed by atoms with E-state index < -0.39 is 0 Å². The molecule has 0 N–H and O–H groups in total. The van der Waals surface area contributed by atoms with E-state index in [0.29, 0.717) is 38.5 Å². The molecule has 0 spiro atoms. The lowest BCUT2D eigenvalue weighted by Crippen LogP contribution is -2.43. The minimum absolute atomic E-state index is 0.0611. The number of nitrogens with zero attached hydrogens (tertiary/aromatic N) is 2. The number of amides is 1.